The van der Waals surface area contributed by atoms with Crippen molar-refractivity contribution in [1.29, 1.82) is 0 Å². The average molecular weight is 214 g/mol. The smallest absolute Gasteiger partial charge is 0.0997 e. The van der Waals surface area contributed by atoms with Gasteiger partial charge in [-0.1, -0.05) is 39.0 Å². The van der Waals surface area contributed by atoms with Crippen LogP contribution in [0.25, 0.3) is 5.69 Å². The van der Waals surface area contributed by atoms with Gasteiger partial charge in [0.2, 0.25) is 0 Å². The topological polar surface area (TPSA) is 17.8 Å². The van der Waals surface area contributed by atoms with Crippen molar-refractivity contribution in [1.82, 2.24) is 9.55 Å². The first-order chi connectivity index (χ1) is 7.50. The minimum absolute atomic E-state index is 0.101. The van der Waals surface area contributed by atoms with Crippen molar-refractivity contribution in [3.63, 3.8) is 0 Å². The van der Waals surface area contributed by atoms with E-state index in [2.05, 4.69) is 49.4 Å². The van der Waals surface area contributed by atoms with Gasteiger partial charge in [-0.25, -0.2) is 4.98 Å². The average Bonchev–Trinajstić information content (AvgIpc) is 2.61. The Kier molecular flexibility index (Phi) is 2.58. The second-order valence-corrected chi connectivity index (χ2v) is 5.13. The van der Waals surface area contributed by atoms with Gasteiger partial charge in [0.05, 0.1) is 12.0 Å². The van der Waals surface area contributed by atoms with Gasteiger partial charge in [-0.15, -0.1) is 0 Å². The molecule has 16 heavy (non-hydrogen) atoms. The van der Waals surface area contributed by atoms with E-state index in [4.69, 9.17) is 0 Å². The minimum Gasteiger partial charge on any atom is -0.303 e. The van der Waals surface area contributed by atoms with Crippen LogP contribution in [0, 0.1) is 6.92 Å². The van der Waals surface area contributed by atoms with Crippen molar-refractivity contribution in [3.8, 4) is 5.69 Å². The highest BCUT2D eigenvalue weighted by atomic mass is 15.1. The zero-order valence-corrected chi connectivity index (χ0v) is 10.4. The summed E-state index contributed by atoms with van der Waals surface area (Å²) >= 11 is 0. The molecular formula is C14H18N2. The number of imidazole rings is 1. The molecule has 2 nitrogen and oxygen atoms in total. The zero-order chi connectivity index (χ0) is 11.8. The van der Waals surface area contributed by atoms with Crippen molar-refractivity contribution in [3.05, 3.63) is 48.0 Å². The van der Waals surface area contributed by atoms with Gasteiger partial charge in [-0.2, -0.15) is 0 Å². The van der Waals surface area contributed by atoms with E-state index in [-0.39, 0.29) is 5.41 Å². The van der Waals surface area contributed by atoms with E-state index in [0.717, 1.165) is 5.69 Å². The third-order valence-electron chi connectivity index (χ3n) is 2.75. The highest BCUT2D eigenvalue weighted by Crippen LogP contribution is 2.25. The summed E-state index contributed by atoms with van der Waals surface area (Å²) in [5, 5.41) is 0. The van der Waals surface area contributed by atoms with Crippen molar-refractivity contribution in [2.24, 2.45) is 0 Å². The van der Waals surface area contributed by atoms with Gasteiger partial charge in [0.25, 0.3) is 0 Å². The lowest BCUT2D eigenvalue weighted by molar-refractivity contribution is 0.567. The van der Waals surface area contributed by atoms with Gasteiger partial charge >= 0.3 is 0 Å². The summed E-state index contributed by atoms with van der Waals surface area (Å²) in [6, 6.07) is 10.3. The van der Waals surface area contributed by atoms with E-state index < -0.39 is 0 Å². The number of para-hydroxylation sites is 1. The molecule has 0 saturated heterocycles. The van der Waals surface area contributed by atoms with E-state index >= 15 is 0 Å². The molecule has 0 unspecified atom stereocenters. The Hall–Kier alpha value is -1.57. The number of benzene rings is 1. The summed E-state index contributed by atoms with van der Waals surface area (Å²) < 4.78 is 2.14. The number of hydrogen-bond donors (Lipinski definition) is 0. The van der Waals surface area contributed by atoms with Crippen LogP contribution in [0.4, 0.5) is 0 Å². The molecule has 1 aromatic heterocycles. The molecule has 0 spiro atoms. The van der Waals surface area contributed by atoms with Crippen LogP contribution in [0.3, 0.4) is 0 Å². The third-order valence-corrected chi connectivity index (χ3v) is 2.75. The van der Waals surface area contributed by atoms with Crippen LogP contribution in [-0.2, 0) is 5.41 Å². The summed E-state index contributed by atoms with van der Waals surface area (Å²) in [5.41, 5.74) is 3.66. The maximum atomic E-state index is 4.53. The van der Waals surface area contributed by atoms with Crippen molar-refractivity contribution in [2.45, 2.75) is 33.1 Å². The van der Waals surface area contributed by atoms with Crippen LogP contribution in [0.15, 0.2) is 36.7 Å². The molecular weight excluding hydrogens is 196 g/mol. The molecule has 0 aliphatic heterocycles. The fourth-order valence-electron chi connectivity index (χ4n) is 1.99. The SMILES string of the molecule is Cc1c(C(C)(C)C)ncn1-c1ccccc1. The predicted molar refractivity (Wildman–Crippen MR) is 67.0 cm³/mol. The second-order valence-electron chi connectivity index (χ2n) is 5.13. The van der Waals surface area contributed by atoms with Crippen LogP contribution >= 0.6 is 0 Å². The summed E-state index contributed by atoms with van der Waals surface area (Å²) in [6.07, 6.45) is 1.91. The second kappa shape index (κ2) is 3.78. The molecule has 2 rings (SSSR count). The first-order valence-corrected chi connectivity index (χ1v) is 5.60. The zero-order valence-electron chi connectivity index (χ0n) is 10.4. The van der Waals surface area contributed by atoms with Gasteiger partial charge in [-0.05, 0) is 19.1 Å². The molecule has 0 aliphatic rings. The number of aromatic nitrogens is 2. The Labute approximate surface area is 97.0 Å². The van der Waals surface area contributed by atoms with Crippen molar-refractivity contribution < 1.29 is 0 Å². The standard InChI is InChI=1S/C14H18N2/c1-11-13(14(2,3)4)15-10-16(11)12-8-6-5-7-9-12/h5-10H,1-4H3. The molecule has 84 valence electrons. The highest BCUT2D eigenvalue weighted by Gasteiger charge is 2.20. The molecule has 0 aliphatic carbocycles. The lowest BCUT2D eigenvalue weighted by atomic mass is 9.91. The molecule has 0 bridgehead atoms. The van der Waals surface area contributed by atoms with Gasteiger partial charge in [-0.3, -0.25) is 0 Å². The monoisotopic (exact) mass is 214 g/mol. The van der Waals surface area contributed by atoms with E-state index in [1.54, 1.807) is 0 Å². The first kappa shape index (κ1) is 10.9. The summed E-state index contributed by atoms with van der Waals surface area (Å²) in [4.78, 5) is 4.53. The van der Waals surface area contributed by atoms with Crippen molar-refractivity contribution in [2.75, 3.05) is 0 Å². The Morgan fingerprint density at radius 1 is 1.06 bits per heavy atom. The Morgan fingerprint density at radius 2 is 1.69 bits per heavy atom. The third kappa shape index (κ3) is 1.87. The molecule has 2 heteroatoms. The normalized spacial score (nSPS) is 11.8. The van der Waals surface area contributed by atoms with Crippen LogP contribution in [0.5, 0.6) is 0 Å². The van der Waals surface area contributed by atoms with Gasteiger partial charge in [0.15, 0.2) is 0 Å². The van der Waals surface area contributed by atoms with E-state index in [9.17, 15) is 0 Å². The Bertz CT molecular complexity index is 475. The minimum atomic E-state index is 0.101. The maximum Gasteiger partial charge on any atom is 0.0997 e. The molecule has 0 atom stereocenters. The van der Waals surface area contributed by atoms with Gasteiger partial charge in [0, 0.05) is 16.8 Å². The molecule has 0 amide bonds. The lowest BCUT2D eigenvalue weighted by Gasteiger charge is -2.17. The molecule has 2 aromatic rings. The van der Waals surface area contributed by atoms with E-state index in [0.29, 0.717) is 0 Å². The van der Waals surface area contributed by atoms with Gasteiger partial charge < -0.3 is 4.57 Å². The van der Waals surface area contributed by atoms with Crippen LogP contribution in [0.2, 0.25) is 0 Å². The Morgan fingerprint density at radius 3 is 2.19 bits per heavy atom. The van der Waals surface area contributed by atoms with Crippen molar-refractivity contribution >= 4 is 0 Å². The Balaban J connectivity index is 2.50. The first-order valence-electron chi connectivity index (χ1n) is 5.60. The molecule has 0 saturated carbocycles. The van der Waals surface area contributed by atoms with Crippen LogP contribution in [0.1, 0.15) is 32.2 Å². The van der Waals surface area contributed by atoms with E-state index in [1.165, 1.54) is 11.4 Å². The summed E-state index contributed by atoms with van der Waals surface area (Å²) in [5.74, 6) is 0. The largest absolute Gasteiger partial charge is 0.303 e. The lowest BCUT2D eigenvalue weighted by Crippen LogP contribution is -2.13. The van der Waals surface area contributed by atoms with E-state index in [1.807, 2.05) is 24.5 Å². The van der Waals surface area contributed by atoms with Crippen LogP contribution < -0.4 is 0 Å². The molecule has 0 radical (unpaired) electrons. The summed E-state index contributed by atoms with van der Waals surface area (Å²) in [6.45, 7) is 8.70. The van der Waals surface area contributed by atoms with Gasteiger partial charge in [0.1, 0.15) is 0 Å². The van der Waals surface area contributed by atoms with Crippen LogP contribution in [-0.4, -0.2) is 9.55 Å². The number of hydrogen-bond acceptors (Lipinski definition) is 1. The maximum absolute atomic E-state index is 4.53. The quantitative estimate of drug-likeness (QED) is 0.710. The molecule has 0 fully saturated rings. The number of nitrogens with zero attached hydrogens (tertiary/aromatic N) is 2. The fourth-order valence-corrected chi connectivity index (χ4v) is 1.99. The highest BCUT2D eigenvalue weighted by molar-refractivity contribution is 5.36. The molecule has 1 heterocycles. The number of rotatable bonds is 1. The fraction of sp³-hybridized carbons (Fsp3) is 0.357. The molecule has 1 aromatic carbocycles. The summed E-state index contributed by atoms with van der Waals surface area (Å²) in [7, 11) is 0. The molecule has 0 N–H and O–H groups in total. The predicted octanol–water partition coefficient (Wildman–Crippen LogP) is 3.48.